The molecule has 12 rings (SSSR count). The molecule has 0 radical (unpaired) electrons. The van der Waals surface area contributed by atoms with Gasteiger partial charge in [-0.3, -0.25) is 19.2 Å². The summed E-state index contributed by atoms with van der Waals surface area (Å²) < 4.78 is 62.4. The van der Waals surface area contributed by atoms with Gasteiger partial charge in [0.15, 0.2) is 23.1 Å². The number of fused-ring (bicyclic) bond motifs is 3. The van der Waals surface area contributed by atoms with Crippen molar-refractivity contribution in [1.82, 2.24) is 0 Å². The van der Waals surface area contributed by atoms with Crippen LogP contribution >= 0.6 is 86.7 Å². The summed E-state index contributed by atoms with van der Waals surface area (Å²) >= 11 is 13.9. The molecule has 454 valence electrons. The standard InChI is InChI=1S/C72H48Br4N3O10P3/c73-57-29-9-49(10-30-57)17-45-67(80)53-21-37-61(38-22-53)84-90(85-62-39-23-54(24-40-62)68(81)46-18-50-11-31-58(74)32-12-50)77-91(86-63-41-25-55(26-42-63)69(82)47-19-51-13-33-59(75)34-14-51,87-64-43-27-56(28-44-64)70(83)48-20-52-15-35-60(76)36-16-52)79-92(78-90)88-71-7-3-1-5-65(71)66-6-2-4-8-72(66)89-92/h1-48H/b45-17+,46-18+,47-19+,48-20+. The lowest BCUT2D eigenvalue weighted by Crippen LogP contribution is -2.11. The molecule has 10 aromatic carbocycles. The van der Waals surface area contributed by atoms with Crippen LogP contribution in [0.3, 0.4) is 0 Å². The van der Waals surface area contributed by atoms with Crippen LogP contribution in [0, 0.1) is 0 Å². The van der Waals surface area contributed by atoms with E-state index in [0.717, 1.165) is 40.1 Å². The molecule has 0 saturated heterocycles. The van der Waals surface area contributed by atoms with Gasteiger partial charge in [0.25, 0.3) is 0 Å². The topological polar surface area (TPSA) is 161 Å². The van der Waals surface area contributed by atoms with E-state index in [9.17, 15) is 19.2 Å². The summed E-state index contributed by atoms with van der Waals surface area (Å²) in [7, 11) is -13.4. The molecule has 0 bridgehead atoms. The summed E-state index contributed by atoms with van der Waals surface area (Å²) in [6, 6.07) is 70.5. The van der Waals surface area contributed by atoms with Crippen LogP contribution in [0.2, 0.25) is 0 Å². The van der Waals surface area contributed by atoms with E-state index in [4.69, 9.17) is 40.7 Å². The number of nitrogens with zero attached hydrogens (tertiary/aromatic N) is 3. The number of allylic oxidation sites excluding steroid dienone is 4. The molecule has 2 aliphatic heterocycles. The zero-order valence-corrected chi connectivity index (χ0v) is 57.0. The number of halogens is 4. The number of para-hydroxylation sites is 2. The molecule has 0 amide bonds. The van der Waals surface area contributed by atoms with Crippen LogP contribution in [0.5, 0.6) is 34.5 Å². The molecule has 20 heteroatoms. The van der Waals surface area contributed by atoms with Crippen molar-refractivity contribution in [2.45, 2.75) is 0 Å². The maximum absolute atomic E-state index is 13.7. The molecular formula is C72H48Br4N3O10P3. The lowest BCUT2D eigenvalue weighted by Gasteiger charge is -2.32. The molecule has 92 heavy (non-hydrogen) atoms. The van der Waals surface area contributed by atoms with Crippen LogP contribution < -0.4 is 27.1 Å². The van der Waals surface area contributed by atoms with Gasteiger partial charge in [0.05, 0.1) is 0 Å². The van der Waals surface area contributed by atoms with E-state index in [1.165, 1.54) is 24.3 Å². The maximum atomic E-state index is 13.7. The molecule has 0 unspecified atom stereocenters. The van der Waals surface area contributed by atoms with Crippen LogP contribution in [0.4, 0.5) is 0 Å². The Balaban J connectivity index is 1.02. The second kappa shape index (κ2) is 28.4. The van der Waals surface area contributed by atoms with E-state index >= 15 is 0 Å². The van der Waals surface area contributed by atoms with Crippen LogP contribution in [0.1, 0.15) is 63.7 Å². The van der Waals surface area contributed by atoms with Crippen LogP contribution in [-0.2, 0) is 0 Å². The van der Waals surface area contributed by atoms with Crippen molar-refractivity contribution < 1.29 is 46.3 Å². The van der Waals surface area contributed by atoms with E-state index in [1.54, 1.807) is 133 Å². The summed E-state index contributed by atoms with van der Waals surface area (Å²) in [5, 5.41) is 0. The lowest BCUT2D eigenvalue weighted by molar-refractivity contribution is 0.103. The minimum Gasteiger partial charge on any atom is -0.413 e. The first-order chi connectivity index (χ1) is 44.6. The van der Waals surface area contributed by atoms with Crippen molar-refractivity contribution in [3.8, 4) is 45.6 Å². The highest BCUT2D eigenvalue weighted by atomic mass is 79.9. The summed E-state index contributed by atoms with van der Waals surface area (Å²) in [4.78, 5) is 55.0. The highest BCUT2D eigenvalue weighted by Crippen LogP contribution is 2.79. The quantitative estimate of drug-likeness (QED) is 0.0408. The van der Waals surface area contributed by atoms with Crippen molar-refractivity contribution in [2.75, 3.05) is 0 Å². The monoisotopic (exact) mass is 1520 g/mol. The minimum absolute atomic E-state index is 0.149. The Morgan fingerprint density at radius 3 is 0.826 bits per heavy atom. The van der Waals surface area contributed by atoms with Crippen molar-refractivity contribution in [3.05, 3.63) is 329 Å². The molecule has 0 atom stereocenters. The molecular weight excluding hydrogens is 1480 g/mol. The first-order valence-corrected chi connectivity index (χ1v) is 36.0. The lowest BCUT2D eigenvalue weighted by atomic mass is 10.0. The fourth-order valence-corrected chi connectivity index (χ4v) is 19.4. The second-order valence-corrected chi connectivity index (χ2v) is 30.2. The SMILES string of the molecule is O=C(/C=C/c1ccc(Br)cc1)c1ccc(OP2(Oc3ccc(C(=O)/C=C/c4ccc(Br)cc4)cc3)=NP(Oc3ccc(C(=O)/C=C/c4ccc(Br)cc4)cc3)(Oc3ccc(C(=O)/C=C/c4ccc(Br)cc4)cc3)=NP3(=N2)Oc2ccccc2-c2ccccc2O3)cc1. The Kier molecular flexibility index (Phi) is 19.6. The molecule has 13 nitrogen and oxygen atoms in total. The third-order valence-corrected chi connectivity index (χ3v) is 24.0. The van der Waals surface area contributed by atoms with Gasteiger partial charge in [-0.1, -0.05) is 186 Å². The molecule has 0 aromatic heterocycles. The van der Waals surface area contributed by atoms with Gasteiger partial charge in [0.2, 0.25) is 0 Å². The van der Waals surface area contributed by atoms with Crippen molar-refractivity contribution in [2.24, 2.45) is 13.5 Å². The average molecular weight is 1530 g/mol. The van der Waals surface area contributed by atoms with E-state index in [0.29, 0.717) is 44.9 Å². The van der Waals surface area contributed by atoms with Crippen LogP contribution in [0.25, 0.3) is 35.4 Å². The van der Waals surface area contributed by atoms with Gasteiger partial charge in [0.1, 0.15) is 34.5 Å². The van der Waals surface area contributed by atoms with Gasteiger partial charge < -0.3 is 27.1 Å². The molecule has 0 saturated carbocycles. The Labute approximate surface area is 564 Å². The smallest absolute Gasteiger partial charge is 0.413 e. The van der Waals surface area contributed by atoms with E-state index in [-0.39, 0.29) is 46.1 Å². The van der Waals surface area contributed by atoms with Gasteiger partial charge in [-0.25, -0.2) is 0 Å². The van der Waals surface area contributed by atoms with Crippen LogP contribution in [0.15, 0.2) is 298 Å². The molecule has 0 N–H and O–H groups in total. The number of carbonyl (C=O) groups excluding carboxylic acids is 4. The molecule has 0 aliphatic carbocycles. The van der Waals surface area contributed by atoms with Gasteiger partial charge in [-0.05, 0) is 204 Å². The zero-order chi connectivity index (χ0) is 63.7. The first kappa shape index (κ1) is 63.4. The highest BCUT2D eigenvalue weighted by Gasteiger charge is 2.50. The van der Waals surface area contributed by atoms with Gasteiger partial charge in [-0.2, -0.15) is 0 Å². The van der Waals surface area contributed by atoms with Gasteiger partial charge >= 0.3 is 23.0 Å². The number of carbonyl (C=O) groups is 4. The van der Waals surface area contributed by atoms with Crippen LogP contribution in [-0.4, -0.2) is 23.1 Å². The third-order valence-electron chi connectivity index (χ3n) is 13.8. The summed E-state index contributed by atoms with van der Waals surface area (Å²) in [5.41, 5.74) is 6.03. The summed E-state index contributed by atoms with van der Waals surface area (Å²) in [5.74, 6) is 0.178. The fraction of sp³-hybridized carbons (Fsp3) is 0. The Bertz CT molecular complexity index is 4240. The predicted molar refractivity (Wildman–Crippen MR) is 379 cm³/mol. The zero-order valence-electron chi connectivity index (χ0n) is 48.0. The Morgan fingerprint density at radius 1 is 0.304 bits per heavy atom. The largest absolute Gasteiger partial charge is 0.460 e. The number of benzene rings is 10. The van der Waals surface area contributed by atoms with E-state index < -0.39 is 23.0 Å². The Morgan fingerprint density at radius 2 is 0.554 bits per heavy atom. The molecule has 0 fully saturated rings. The molecule has 10 aromatic rings. The highest BCUT2D eigenvalue weighted by molar-refractivity contribution is 9.11. The van der Waals surface area contributed by atoms with Crippen molar-refractivity contribution >= 4 is 134 Å². The molecule has 2 aliphatic rings. The average Bonchev–Trinajstić information content (AvgIpc) is 1.38. The number of hydrogen-bond acceptors (Lipinski definition) is 13. The Hall–Kier alpha value is -8.75. The first-order valence-electron chi connectivity index (χ1n) is 28.2. The van der Waals surface area contributed by atoms with Gasteiger partial charge in [0, 0.05) is 51.3 Å². The van der Waals surface area contributed by atoms with Crippen molar-refractivity contribution in [1.29, 1.82) is 0 Å². The maximum Gasteiger partial charge on any atom is 0.460 e. The second-order valence-electron chi connectivity index (χ2n) is 20.4. The normalized spacial score (nSPS) is 14.1. The minimum atomic E-state index is -4.51. The predicted octanol–water partition coefficient (Wildman–Crippen LogP) is 22.9. The number of hydrogen-bond donors (Lipinski definition) is 0. The molecule has 2 heterocycles. The summed E-state index contributed by atoms with van der Waals surface area (Å²) in [6.07, 6.45) is 12.9. The fourth-order valence-electron chi connectivity index (χ4n) is 9.19. The van der Waals surface area contributed by atoms with Crippen molar-refractivity contribution in [3.63, 3.8) is 0 Å². The third kappa shape index (κ3) is 15.9. The molecule has 1 spiro atoms. The number of rotatable bonds is 20. The number of ketones is 4. The van der Waals surface area contributed by atoms with E-state index in [1.807, 2.05) is 133 Å². The summed E-state index contributed by atoms with van der Waals surface area (Å²) in [6.45, 7) is 0. The van der Waals surface area contributed by atoms with Gasteiger partial charge in [-0.15, -0.1) is 0 Å². The van der Waals surface area contributed by atoms with E-state index in [2.05, 4.69) is 63.7 Å².